The first-order valence-corrected chi connectivity index (χ1v) is 10.2. The molecule has 0 spiro atoms. The van der Waals surface area contributed by atoms with Gasteiger partial charge in [0, 0.05) is 31.4 Å². The summed E-state index contributed by atoms with van der Waals surface area (Å²) < 4.78 is 22.8. The molecule has 13 heteroatoms. The van der Waals surface area contributed by atoms with Gasteiger partial charge < -0.3 is 35.6 Å². The maximum absolute atomic E-state index is 15.3. The number of nitrogens with one attached hydrogen (secondary N) is 1. The lowest BCUT2D eigenvalue weighted by Crippen LogP contribution is -2.40. The van der Waals surface area contributed by atoms with Crippen LogP contribution in [-0.2, 0) is 0 Å². The van der Waals surface area contributed by atoms with Gasteiger partial charge in [-0.2, -0.15) is 0 Å². The maximum Gasteiger partial charge on any atom is 0.341 e. The van der Waals surface area contributed by atoms with Crippen LogP contribution in [0.4, 0.5) is 10.1 Å². The van der Waals surface area contributed by atoms with Gasteiger partial charge in [-0.05, 0) is 44.2 Å². The molecule has 2 aliphatic heterocycles. The molecule has 1 aromatic carbocycles. The number of anilines is 1. The molecule has 2 atom stereocenters. The third-order valence-corrected chi connectivity index (χ3v) is 6.49. The Bertz CT molecular complexity index is 1070. The topological polar surface area (TPSA) is 147 Å². The number of aromatic carboxylic acids is 1. The van der Waals surface area contributed by atoms with Crippen LogP contribution < -0.4 is 20.4 Å². The van der Waals surface area contributed by atoms with Crippen molar-refractivity contribution < 1.29 is 30.0 Å². The van der Waals surface area contributed by atoms with Crippen molar-refractivity contribution in [2.24, 2.45) is 5.92 Å². The summed E-state index contributed by atoms with van der Waals surface area (Å²) >= 11 is 0. The van der Waals surface area contributed by atoms with Gasteiger partial charge in [0.1, 0.15) is 11.3 Å². The van der Waals surface area contributed by atoms with E-state index in [9.17, 15) is 14.7 Å². The molecule has 2 aromatic rings. The van der Waals surface area contributed by atoms with Gasteiger partial charge in [-0.25, -0.2) is 9.18 Å². The first-order chi connectivity index (χ1) is 14.0. The first-order valence-electron chi connectivity index (χ1n) is 10.2. The van der Waals surface area contributed by atoms with E-state index in [0.29, 0.717) is 35.5 Å². The van der Waals surface area contributed by atoms with Crippen molar-refractivity contribution in [2.45, 2.75) is 37.8 Å². The van der Waals surface area contributed by atoms with Crippen molar-refractivity contribution in [1.82, 2.24) is 9.88 Å². The number of carboxylic acid groups (broad SMARTS) is 1. The average molecular weight is 547 g/mol. The summed E-state index contributed by atoms with van der Waals surface area (Å²) in [6.45, 7) is 2.40. The molecule has 1 aliphatic carbocycles. The number of hydrogen-bond acceptors (Lipinski definition) is 5. The molecule has 34 heavy (non-hydrogen) atoms. The van der Waals surface area contributed by atoms with E-state index in [1.807, 2.05) is 4.90 Å². The Morgan fingerprint density at radius 1 is 1.18 bits per heavy atom. The normalized spacial score (nSPS) is 20.5. The van der Waals surface area contributed by atoms with Crippen LogP contribution in [0.2, 0.25) is 0 Å². The Morgan fingerprint density at radius 2 is 1.85 bits per heavy atom. The van der Waals surface area contributed by atoms with E-state index < -0.39 is 17.2 Å². The number of methoxy groups -OCH3 is 1. The molecule has 194 valence electrons. The van der Waals surface area contributed by atoms with Crippen LogP contribution in [0.5, 0.6) is 5.75 Å². The Hall–Kier alpha value is -1.82. The number of nitrogens with zero attached hydrogens (tertiary/aromatic N) is 2. The number of benzene rings is 1. The molecule has 3 heterocycles. The lowest BCUT2D eigenvalue weighted by Gasteiger charge is -2.25. The van der Waals surface area contributed by atoms with E-state index >= 15 is 4.39 Å². The number of ether oxygens (including phenoxy) is 1. The van der Waals surface area contributed by atoms with Crippen molar-refractivity contribution in [3.63, 3.8) is 0 Å². The molecular weight excluding hydrogens is 516 g/mol. The van der Waals surface area contributed by atoms with Crippen LogP contribution in [0.15, 0.2) is 17.1 Å². The molecule has 1 saturated carbocycles. The summed E-state index contributed by atoms with van der Waals surface area (Å²) in [6.07, 6.45) is 5.40. The van der Waals surface area contributed by atoms with E-state index in [2.05, 4.69) is 5.32 Å². The summed E-state index contributed by atoms with van der Waals surface area (Å²) in [7, 11) is 1.48. The van der Waals surface area contributed by atoms with Gasteiger partial charge in [-0.15, -0.1) is 37.2 Å². The predicted molar refractivity (Wildman–Crippen MR) is 136 cm³/mol. The second-order valence-electron chi connectivity index (χ2n) is 8.32. The van der Waals surface area contributed by atoms with E-state index in [1.54, 1.807) is 4.57 Å². The monoisotopic (exact) mass is 545 g/mol. The molecule has 6 N–H and O–H groups in total. The van der Waals surface area contributed by atoms with Crippen molar-refractivity contribution >= 4 is 59.8 Å². The average Bonchev–Trinajstić information content (AvgIpc) is 3.45. The van der Waals surface area contributed by atoms with E-state index in [-0.39, 0.29) is 65.2 Å². The largest absolute Gasteiger partial charge is 0.492 e. The number of halogens is 4. The molecule has 9 nitrogen and oxygen atoms in total. The highest BCUT2D eigenvalue weighted by molar-refractivity contribution is 5.97. The van der Waals surface area contributed by atoms with Crippen molar-refractivity contribution in [2.75, 3.05) is 31.6 Å². The fourth-order valence-corrected chi connectivity index (χ4v) is 4.95. The number of piperidine rings is 1. The lowest BCUT2D eigenvalue weighted by atomic mass is 9.94. The quantitative estimate of drug-likeness (QED) is 0.599. The van der Waals surface area contributed by atoms with E-state index in [0.717, 1.165) is 38.8 Å². The zero-order valence-electron chi connectivity index (χ0n) is 18.5. The van der Waals surface area contributed by atoms with E-state index in [1.165, 1.54) is 19.4 Å². The standard InChI is InChI=1S/C21H24FN3O4.3ClH.2H2O/c1-29-20-17-13(19(26)14(21(27)28)9-25(17)12-4-5-12)7-15(22)18(20)24-8-11-3-2-6-23-16(11)10-24;;;;;/h7,9,11-12,16,23H,2-6,8,10H2,1H3,(H,27,28);3*1H;2*1H2/t11-,16+;;;;;/m0...../s1. The number of pyridine rings is 1. The van der Waals surface area contributed by atoms with Crippen molar-refractivity contribution in [3.8, 4) is 5.75 Å². The highest BCUT2D eigenvalue weighted by atomic mass is 35.5. The third-order valence-electron chi connectivity index (χ3n) is 6.49. The van der Waals surface area contributed by atoms with Crippen LogP contribution in [0.3, 0.4) is 0 Å². The summed E-state index contributed by atoms with van der Waals surface area (Å²) in [4.78, 5) is 26.4. The lowest BCUT2D eigenvalue weighted by molar-refractivity contribution is 0.0694. The molecule has 2 saturated heterocycles. The van der Waals surface area contributed by atoms with Crippen LogP contribution in [0.25, 0.3) is 10.9 Å². The number of hydrogen-bond donors (Lipinski definition) is 2. The second kappa shape index (κ2) is 12.2. The zero-order chi connectivity index (χ0) is 20.3. The van der Waals surface area contributed by atoms with Gasteiger partial charge in [0.15, 0.2) is 11.6 Å². The summed E-state index contributed by atoms with van der Waals surface area (Å²) in [6, 6.07) is 1.62. The Kier molecular flexibility index (Phi) is 11.6. The van der Waals surface area contributed by atoms with Crippen molar-refractivity contribution in [3.05, 3.63) is 33.9 Å². The minimum Gasteiger partial charge on any atom is -0.492 e. The molecule has 5 rings (SSSR count). The highest BCUT2D eigenvalue weighted by Gasteiger charge is 2.38. The predicted octanol–water partition coefficient (Wildman–Crippen LogP) is 1.99. The Labute approximate surface area is 214 Å². The summed E-state index contributed by atoms with van der Waals surface area (Å²) in [5, 5.41) is 13.0. The second-order valence-corrected chi connectivity index (χ2v) is 8.32. The first kappa shape index (κ1) is 32.2. The zero-order valence-corrected chi connectivity index (χ0v) is 21.0. The third kappa shape index (κ3) is 5.22. The van der Waals surface area contributed by atoms with Crippen LogP contribution >= 0.6 is 37.2 Å². The molecular formula is C21H31Cl3FN3O6. The molecule has 3 fully saturated rings. The van der Waals surface area contributed by atoms with Gasteiger partial charge in [-0.1, -0.05) is 0 Å². The Morgan fingerprint density at radius 3 is 2.41 bits per heavy atom. The van der Waals surface area contributed by atoms with Gasteiger partial charge in [0.05, 0.1) is 18.0 Å². The number of rotatable bonds is 4. The molecule has 0 amide bonds. The van der Waals surface area contributed by atoms with Gasteiger partial charge in [0.2, 0.25) is 5.43 Å². The summed E-state index contributed by atoms with van der Waals surface area (Å²) in [5.41, 5.74) is -0.155. The number of aromatic nitrogens is 1. The minimum atomic E-state index is -1.30. The van der Waals surface area contributed by atoms with Crippen LogP contribution in [-0.4, -0.2) is 59.4 Å². The molecule has 0 bridgehead atoms. The number of fused-ring (bicyclic) bond motifs is 2. The Balaban J connectivity index is 0.00000218. The minimum absolute atomic E-state index is 0. The molecule has 1 aromatic heterocycles. The number of carboxylic acids is 1. The van der Waals surface area contributed by atoms with Gasteiger partial charge in [0.25, 0.3) is 0 Å². The maximum atomic E-state index is 15.3. The number of carbonyl (C=O) groups is 1. The van der Waals surface area contributed by atoms with Gasteiger partial charge in [-0.3, -0.25) is 4.79 Å². The fraction of sp³-hybridized carbons (Fsp3) is 0.524. The molecule has 0 unspecified atom stereocenters. The van der Waals surface area contributed by atoms with Gasteiger partial charge >= 0.3 is 5.97 Å². The smallest absolute Gasteiger partial charge is 0.341 e. The highest BCUT2D eigenvalue weighted by Crippen LogP contribution is 2.45. The van der Waals surface area contributed by atoms with E-state index in [4.69, 9.17) is 4.74 Å². The molecule has 3 aliphatic rings. The molecule has 0 radical (unpaired) electrons. The fourth-order valence-electron chi connectivity index (χ4n) is 4.95. The van der Waals surface area contributed by atoms with Crippen LogP contribution in [0, 0.1) is 11.7 Å². The van der Waals surface area contributed by atoms with Crippen molar-refractivity contribution in [1.29, 1.82) is 0 Å². The van der Waals surface area contributed by atoms with Crippen LogP contribution in [0.1, 0.15) is 42.1 Å². The SMILES string of the molecule is COc1c(N2C[C@@H]3CCCN[C@@H]3C2)c(F)cc2c(=O)c(C(=O)O)cn(C3CC3)c12.Cl.Cl.Cl.O.O. The summed E-state index contributed by atoms with van der Waals surface area (Å²) in [5.74, 6) is -1.07.